The van der Waals surface area contributed by atoms with Crippen LogP contribution in [-0.4, -0.2) is 48.2 Å². The Balaban J connectivity index is 1.46. The number of hydrogen-bond acceptors (Lipinski definition) is 3. The predicted molar refractivity (Wildman–Crippen MR) is 86.9 cm³/mol. The van der Waals surface area contributed by atoms with Gasteiger partial charge in [-0.15, -0.1) is 13.2 Å². The largest absolute Gasteiger partial charge is 0.573 e. The third-order valence-electron chi connectivity index (χ3n) is 4.95. The highest BCUT2D eigenvalue weighted by Crippen LogP contribution is 2.27. The Morgan fingerprint density at radius 3 is 2.20 bits per heavy atom. The molecule has 0 radical (unpaired) electrons. The van der Waals surface area contributed by atoms with E-state index in [9.17, 15) is 18.0 Å². The molecule has 2 fully saturated rings. The van der Waals surface area contributed by atoms with Crippen LogP contribution in [0.25, 0.3) is 0 Å². The summed E-state index contributed by atoms with van der Waals surface area (Å²) >= 11 is 0. The van der Waals surface area contributed by atoms with Crippen molar-refractivity contribution in [3.8, 4) is 5.75 Å². The molecule has 0 atom stereocenters. The van der Waals surface area contributed by atoms with Gasteiger partial charge < -0.3 is 9.64 Å². The fraction of sp³-hybridized carbons (Fsp3) is 0.611. The van der Waals surface area contributed by atoms with Gasteiger partial charge in [-0.05, 0) is 30.5 Å². The van der Waals surface area contributed by atoms with Crippen LogP contribution in [0.4, 0.5) is 13.2 Å². The normalized spacial score (nSPS) is 20.0. The minimum absolute atomic E-state index is 0.205. The number of ether oxygens (including phenoxy) is 1. The number of carbonyl (C=O) groups is 1. The van der Waals surface area contributed by atoms with E-state index in [1.807, 2.05) is 4.90 Å². The zero-order valence-electron chi connectivity index (χ0n) is 14.1. The molecule has 0 N–H and O–H groups in total. The molecule has 1 aromatic carbocycles. The van der Waals surface area contributed by atoms with Crippen molar-refractivity contribution in [2.75, 3.05) is 26.2 Å². The van der Waals surface area contributed by atoms with Crippen LogP contribution in [0.15, 0.2) is 24.3 Å². The fourth-order valence-electron chi connectivity index (χ4n) is 3.61. The fourth-order valence-corrected chi connectivity index (χ4v) is 3.61. The Morgan fingerprint density at radius 1 is 1.04 bits per heavy atom. The van der Waals surface area contributed by atoms with E-state index < -0.39 is 6.36 Å². The van der Waals surface area contributed by atoms with Gasteiger partial charge in [0.15, 0.2) is 0 Å². The van der Waals surface area contributed by atoms with Crippen molar-refractivity contribution >= 4 is 5.91 Å². The summed E-state index contributed by atoms with van der Waals surface area (Å²) in [4.78, 5) is 16.6. The summed E-state index contributed by atoms with van der Waals surface area (Å²) in [6.07, 6.45) is -0.310. The summed E-state index contributed by atoms with van der Waals surface area (Å²) in [6.45, 7) is 3.70. The highest BCUT2D eigenvalue weighted by atomic mass is 19.4. The smallest absolute Gasteiger partial charge is 0.406 e. The molecule has 4 nitrogen and oxygen atoms in total. The first-order chi connectivity index (χ1) is 11.9. The van der Waals surface area contributed by atoms with Crippen molar-refractivity contribution in [1.82, 2.24) is 9.80 Å². The van der Waals surface area contributed by atoms with Gasteiger partial charge in [0.1, 0.15) is 5.75 Å². The summed E-state index contributed by atoms with van der Waals surface area (Å²) in [6, 6.07) is 5.97. The van der Waals surface area contributed by atoms with Crippen molar-refractivity contribution in [2.45, 2.75) is 38.6 Å². The third kappa shape index (κ3) is 5.11. The first-order valence-electron chi connectivity index (χ1n) is 8.76. The van der Waals surface area contributed by atoms with Gasteiger partial charge in [-0.1, -0.05) is 25.0 Å². The first kappa shape index (κ1) is 18.0. The minimum atomic E-state index is -4.66. The van der Waals surface area contributed by atoms with Crippen LogP contribution in [0.3, 0.4) is 0 Å². The van der Waals surface area contributed by atoms with Gasteiger partial charge in [0.2, 0.25) is 5.91 Å². The van der Waals surface area contributed by atoms with Crippen LogP contribution in [0.1, 0.15) is 31.2 Å². The van der Waals surface area contributed by atoms with Gasteiger partial charge in [0.25, 0.3) is 0 Å². The van der Waals surface area contributed by atoms with Crippen molar-refractivity contribution < 1.29 is 22.7 Å². The van der Waals surface area contributed by atoms with E-state index in [-0.39, 0.29) is 11.7 Å². The number of piperazine rings is 1. The van der Waals surface area contributed by atoms with Gasteiger partial charge in [-0.3, -0.25) is 9.69 Å². The second-order valence-corrected chi connectivity index (χ2v) is 6.77. The Bertz CT molecular complexity index is 575. The van der Waals surface area contributed by atoms with Crippen LogP contribution >= 0.6 is 0 Å². The number of halogens is 3. The molecule has 138 valence electrons. The van der Waals surface area contributed by atoms with Crippen LogP contribution in [0.2, 0.25) is 0 Å². The Hall–Kier alpha value is -1.76. The van der Waals surface area contributed by atoms with Crippen molar-refractivity contribution in [3.63, 3.8) is 0 Å². The zero-order valence-corrected chi connectivity index (χ0v) is 14.1. The summed E-state index contributed by atoms with van der Waals surface area (Å²) in [7, 11) is 0. The average molecular weight is 356 g/mol. The van der Waals surface area contributed by atoms with Crippen LogP contribution < -0.4 is 4.74 Å². The van der Waals surface area contributed by atoms with Gasteiger partial charge in [0, 0.05) is 38.6 Å². The molecule has 1 aliphatic heterocycles. The van der Waals surface area contributed by atoms with E-state index >= 15 is 0 Å². The molecule has 1 saturated heterocycles. The van der Waals surface area contributed by atoms with E-state index in [0.29, 0.717) is 12.5 Å². The number of benzene rings is 1. The van der Waals surface area contributed by atoms with Gasteiger partial charge in [-0.2, -0.15) is 0 Å². The van der Waals surface area contributed by atoms with E-state index in [1.54, 1.807) is 12.1 Å². The number of rotatable bonds is 4. The molecule has 1 aliphatic carbocycles. The lowest BCUT2D eigenvalue weighted by atomic mass is 10.1. The molecule has 0 bridgehead atoms. The molecule has 0 spiro atoms. The average Bonchev–Trinajstić information content (AvgIpc) is 3.10. The van der Waals surface area contributed by atoms with E-state index in [4.69, 9.17) is 0 Å². The monoisotopic (exact) mass is 356 g/mol. The SMILES string of the molecule is O=C(C1CCCC1)N1CCN(Cc2ccc(OC(F)(F)F)cc2)CC1. The van der Waals surface area contributed by atoms with E-state index in [2.05, 4.69) is 9.64 Å². The summed E-state index contributed by atoms with van der Waals surface area (Å²) < 4.78 is 40.4. The summed E-state index contributed by atoms with van der Waals surface area (Å²) in [5.41, 5.74) is 0.935. The number of carbonyl (C=O) groups excluding carboxylic acids is 1. The third-order valence-corrected chi connectivity index (χ3v) is 4.95. The lowest BCUT2D eigenvalue weighted by molar-refractivity contribution is -0.274. The highest BCUT2D eigenvalue weighted by molar-refractivity contribution is 5.79. The van der Waals surface area contributed by atoms with Crippen LogP contribution in [-0.2, 0) is 11.3 Å². The molecule has 1 aromatic rings. The number of amides is 1. The minimum Gasteiger partial charge on any atom is -0.406 e. The van der Waals surface area contributed by atoms with Gasteiger partial charge in [-0.25, -0.2) is 0 Å². The maximum atomic E-state index is 12.4. The molecule has 7 heteroatoms. The Kier molecular flexibility index (Phi) is 5.51. The second-order valence-electron chi connectivity index (χ2n) is 6.77. The van der Waals surface area contributed by atoms with Crippen molar-refractivity contribution in [1.29, 1.82) is 0 Å². The van der Waals surface area contributed by atoms with Gasteiger partial charge >= 0.3 is 6.36 Å². The molecule has 2 aliphatic rings. The molecule has 25 heavy (non-hydrogen) atoms. The molecular formula is C18H23F3N2O2. The zero-order chi connectivity index (χ0) is 17.9. The summed E-state index contributed by atoms with van der Waals surface area (Å²) in [5, 5.41) is 0. The topological polar surface area (TPSA) is 32.8 Å². The molecule has 1 heterocycles. The number of hydrogen-bond donors (Lipinski definition) is 0. The van der Waals surface area contributed by atoms with Crippen LogP contribution in [0, 0.1) is 5.92 Å². The number of alkyl halides is 3. The second kappa shape index (κ2) is 7.64. The molecule has 3 rings (SSSR count). The van der Waals surface area contributed by atoms with Crippen molar-refractivity contribution in [2.24, 2.45) is 5.92 Å². The summed E-state index contributed by atoms with van der Waals surface area (Å²) in [5.74, 6) is 0.307. The maximum Gasteiger partial charge on any atom is 0.573 e. The molecule has 1 amide bonds. The first-order valence-corrected chi connectivity index (χ1v) is 8.76. The Labute approximate surface area is 145 Å². The highest BCUT2D eigenvalue weighted by Gasteiger charge is 2.31. The van der Waals surface area contributed by atoms with E-state index in [1.165, 1.54) is 12.1 Å². The maximum absolute atomic E-state index is 12.4. The Morgan fingerprint density at radius 2 is 1.64 bits per heavy atom. The molecular weight excluding hydrogens is 333 g/mol. The molecule has 1 saturated carbocycles. The predicted octanol–water partition coefficient (Wildman–Crippen LogP) is 3.42. The molecule has 0 aromatic heterocycles. The van der Waals surface area contributed by atoms with E-state index in [0.717, 1.165) is 57.4 Å². The quantitative estimate of drug-likeness (QED) is 0.829. The van der Waals surface area contributed by atoms with Crippen LogP contribution in [0.5, 0.6) is 5.75 Å². The molecule has 0 unspecified atom stereocenters. The standard InChI is InChI=1S/C18H23F3N2O2/c19-18(20,21)25-16-7-5-14(6-8-16)13-22-9-11-23(12-10-22)17(24)15-3-1-2-4-15/h5-8,15H,1-4,9-13H2. The lowest BCUT2D eigenvalue weighted by Crippen LogP contribution is -2.49. The van der Waals surface area contributed by atoms with Crippen molar-refractivity contribution in [3.05, 3.63) is 29.8 Å². The van der Waals surface area contributed by atoms with Gasteiger partial charge in [0.05, 0.1) is 0 Å². The number of nitrogens with zero attached hydrogens (tertiary/aromatic N) is 2. The lowest BCUT2D eigenvalue weighted by Gasteiger charge is -2.36.